The Morgan fingerprint density at radius 2 is 2.13 bits per heavy atom. The zero-order valence-corrected chi connectivity index (χ0v) is 10.6. The van der Waals surface area contributed by atoms with E-state index in [0.29, 0.717) is 0 Å². The lowest BCUT2D eigenvalue weighted by Crippen LogP contribution is -2.14. The number of hydrogen-bond acceptors (Lipinski definition) is 3. The third kappa shape index (κ3) is 4.69. The van der Waals surface area contributed by atoms with Gasteiger partial charge < -0.3 is 10.6 Å². The molecule has 0 aromatic heterocycles. The minimum absolute atomic E-state index is 0.124. The smallest absolute Gasteiger partial charge is 0.0266 e. The van der Waals surface area contributed by atoms with Crippen LogP contribution in [0.4, 0.5) is 0 Å². The maximum absolute atomic E-state index is 5.84. The van der Waals surface area contributed by atoms with Crippen molar-refractivity contribution >= 4 is 11.8 Å². The van der Waals surface area contributed by atoms with Gasteiger partial charge in [0.25, 0.3) is 0 Å². The molecular formula is C12H20N2S. The second-order valence-corrected chi connectivity index (χ2v) is 5.18. The first kappa shape index (κ1) is 12.6. The van der Waals surface area contributed by atoms with Crippen molar-refractivity contribution in [3.05, 3.63) is 29.8 Å². The van der Waals surface area contributed by atoms with E-state index in [4.69, 9.17) is 5.73 Å². The van der Waals surface area contributed by atoms with E-state index in [0.717, 1.165) is 12.3 Å². The van der Waals surface area contributed by atoms with E-state index in [1.807, 2.05) is 18.7 Å². The second kappa shape index (κ2) is 6.16. The van der Waals surface area contributed by atoms with Crippen molar-refractivity contribution in [1.82, 2.24) is 4.90 Å². The Hall–Kier alpha value is -0.510. The zero-order valence-electron chi connectivity index (χ0n) is 9.73. The number of nitrogens with two attached hydrogens (primary N) is 1. The first-order chi connectivity index (χ1) is 7.09. The van der Waals surface area contributed by atoms with Crippen molar-refractivity contribution in [3.63, 3.8) is 0 Å². The van der Waals surface area contributed by atoms with Gasteiger partial charge in [-0.1, -0.05) is 12.1 Å². The lowest BCUT2D eigenvalue weighted by molar-refractivity contribution is 0.437. The average molecular weight is 224 g/mol. The van der Waals surface area contributed by atoms with Gasteiger partial charge in [0, 0.05) is 23.2 Å². The molecule has 1 unspecified atom stereocenters. The molecule has 1 rings (SSSR count). The molecule has 0 saturated heterocycles. The molecule has 0 spiro atoms. The Morgan fingerprint density at radius 1 is 1.40 bits per heavy atom. The van der Waals surface area contributed by atoms with Gasteiger partial charge in [-0.3, -0.25) is 0 Å². The van der Waals surface area contributed by atoms with Crippen LogP contribution in [0.5, 0.6) is 0 Å². The van der Waals surface area contributed by atoms with Crippen LogP contribution in [0.3, 0.4) is 0 Å². The van der Waals surface area contributed by atoms with Crippen molar-refractivity contribution in [2.75, 3.05) is 26.4 Å². The summed E-state index contributed by atoms with van der Waals surface area (Å²) in [5.74, 6) is 1.12. The summed E-state index contributed by atoms with van der Waals surface area (Å²) in [6.45, 7) is 3.12. The maximum Gasteiger partial charge on any atom is 0.0266 e. The first-order valence-corrected chi connectivity index (χ1v) is 6.21. The number of nitrogens with zero attached hydrogens (tertiary/aromatic N) is 1. The SMILES string of the molecule is CC(N)c1cccc(SCCN(C)C)c1. The van der Waals surface area contributed by atoms with Crippen molar-refractivity contribution in [3.8, 4) is 0 Å². The van der Waals surface area contributed by atoms with Crippen LogP contribution in [-0.2, 0) is 0 Å². The molecule has 0 aliphatic rings. The van der Waals surface area contributed by atoms with Crippen molar-refractivity contribution in [2.24, 2.45) is 5.73 Å². The lowest BCUT2D eigenvalue weighted by atomic mass is 10.1. The molecule has 2 nitrogen and oxygen atoms in total. The standard InChI is InChI=1S/C12H20N2S/c1-10(13)11-5-4-6-12(9-11)15-8-7-14(2)3/h4-6,9-10H,7-8,13H2,1-3H3. The van der Waals surface area contributed by atoms with Gasteiger partial charge in [0.05, 0.1) is 0 Å². The Labute approximate surface area is 96.8 Å². The highest BCUT2D eigenvalue weighted by Gasteiger charge is 2.01. The van der Waals surface area contributed by atoms with Crippen LogP contribution in [0.25, 0.3) is 0 Å². The van der Waals surface area contributed by atoms with Crippen LogP contribution >= 0.6 is 11.8 Å². The van der Waals surface area contributed by atoms with Gasteiger partial charge in [-0.15, -0.1) is 11.8 Å². The van der Waals surface area contributed by atoms with Gasteiger partial charge in [0.15, 0.2) is 0 Å². The summed E-state index contributed by atoms with van der Waals surface area (Å²) in [6.07, 6.45) is 0. The molecular weight excluding hydrogens is 204 g/mol. The fraction of sp³-hybridized carbons (Fsp3) is 0.500. The lowest BCUT2D eigenvalue weighted by Gasteiger charge is -2.10. The highest BCUT2D eigenvalue weighted by Crippen LogP contribution is 2.21. The van der Waals surface area contributed by atoms with Gasteiger partial charge >= 0.3 is 0 Å². The summed E-state index contributed by atoms with van der Waals surface area (Å²) < 4.78 is 0. The largest absolute Gasteiger partial charge is 0.324 e. The Kier molecular flexibility index (Phi) is 5.15. The molecule has 2 N–H and O–H groups in total. The third-order valence-electron chi connectivity index (χ3n) is 2.19. The topological polar surface area (TPSA) is 29.3 Å². The number of rotatable bonds is 5. The van der Waals surface area contributed by atoms with Gasteiger partial charge in [-0.25, -0.2) is 0 Å². The quantitative estimate of drug-likeness (QED) is 0.779. The molecule has 0 radical (unpaired) electrons. The highest BCUT2D eigenvalue weighted by atomic mass is 32.2. The Morgan fingerprint density at radius 3 is 2.73 bits per heavy atom. The molecule has 3 heteroatoms. The highest BCUT2D eigenvalue weighted by molar-refractivity contribution is 7.99. The van der Waals surface area contributed by atoms with Crippen LogP contribution in [0, 0.1) is 0 Å². The van der Waals surface area contributed by atoms with Crippen molar-refractivity contribution in [2.45, 2.75) is 17.9 Å². The molecule has 1 aromatic rings. The molecule has 0 aliphatic heterocycles. The number of thioether (sulfide) groups is 1. The first-order valence-electron chi connectivity index (χ1n) is 5.22. The van der Waals surface area contributed by atoms with Gasteiger partial charge in [0.1, 0.15) is 0 Å². The van der Waals surface area contributed by atoms with Crippen LogP contribution in [0.2, 0.25) is 0 Å². The van der Waals surface area contributed by atoms with Crippen molar-refractivity contribution in [1.29, 1.82) is 0 Å². The molecule has 0 aliphatic carbocycles. The Bertz CT molecular complexity index is 297. The predicted octanol–water partition coefficient (Wildman–Crippen LogP) is 2.36. The summed E-state index contributed by atoms with van der Waals surface area (Å²) in [7, 11) is 4.19. The monoisotopic (exact) mass is 224 g/mol. The van der Waals surface area contributed by atoms with E-state index < -0.39 is 0 Å². The predicted molar refractivity (Wildman–Crippen MR) is 68.3 cm³/mol. The fourth-order valence-corrected chi connectivity index (χ4v) is 2.32. The minimum Gasteiger partial charge on any atom is -0.324 e. The molecule has 0 heterocycles. The maximum atomic E-state index is 5.84. The van der Waals surface area contributed by atoms with Crippen LogP contribution < -0.4 is 5.73 Å². The Balaban J connectivity index is 2.50. The molecule has 84 valence electrons. The second-order valence-electron chi connectivity index (χ2n) is 4.01. The van der Waals surface area contributed by atoms with E-state index >= 15 is 0 Å². The molecule has 15 heavy (non-hydrogen) atoms. The fourth-order valence-electron chi connectivity index (χ4n) is 1.23. The van der Waals surface area contributed by atoms with Gasteiger partial charge in [-0.05, 0) is 38.7 Å². The van der Waals surface area contributed by atoms with Gasteiger partial charge in [0.2, 0.25) is 0 Å². The van der Waals surface area contributed by atoms with E-state index in [2.05, 4.69) is 43.3 Å². The van der Waals surface area contributed by atoms with E-state index in [-0.39, 0.29) is 6.04 Å². The van der Waals surface area contributed by atoms with Gasteiger partial charge in [-0.2, -0.15) is 0 Å². The molecule has 0 saturated carbocycles. The van der Waals surface area contributed by atoms with E-state index in [9.17, 15) is 0 Å². The normalized spacial score (nSPS) is 13.1. The average Bonchev–Trinajstić information content (AvgIpc) is 2.17. The summed E-state index contributed by atoms with van der Waals surface area (Å²) in [5.41, 5.74) is 7.05. The molecule has 1 aromatic carbocycles. The number of benzene rings is 1. The van der Waals surface area contributed by atoms with Crippen LogP contribution in [0.1, 0.15) is 18.5 Å². The van der Waals surface area contributed by atoms with Crippen LogP contribution in [-0.4, -0.2) is 31.3 Å². The van der Waals surface area contributed by atoms with Crippen LogP contribution in [0.15, 0.2) is 29.2 Å². The summed E-state index contributed by atoms with van der Waals surface area (Å²) in [5, 5.41) is 0. The van der Waals surface area contributed by atoms with E-state index in [1.165, 1.54) is 10.5 Å². The molecule has 0 amide bonds. The number of hydrogen-bond donors (Lipinski definition) is 1. The minimum atomic E-state index is 0.124. The zero-order chi connectivity index (χ0) is 11.3. The third-order valence-corrected chi connectivity index (χ3v) is 3.17. The van der Waals surface area contributed by atoms with E-state index in [1.54, 1.807) is 0 Å². The molecule has 1 atom stereocenters. The summed E-state index contributed by atoms with van der Waals surface area (Å²) >= 11 is 1.88. The summed E-state index contributed by atoms with van der Waals surface area (Å²) in [4.78, 5) is 3.51. The van der Waals surface area contributed by atoms with Crippen molar-refractivity contribution < 1.29 is 0 Å². The summed E-state index contributed by atoms with van der Waals surface area (Å²) in [6, 6.07) is 8.62. The molecule has 0 bridgehead atoms. The molecule has 0 fully saturated rings.